The summed E-state index contributed by atoms with van der Waals surface area (Å²) >= 11 is 0. The molecular formula is C23H26F3N3O3S. The molecule has 33 heavy (non-hydrogen) atoms. The quantitative estimate of drug-likeness (QED) is 0.670. The first kappa shape index (κ1) is 23.4. The maximum atomic E-state index is 13.3. The van der Waals surface area contributed by atoms with Gasteiger partial charge in [-0.25, -0.2) is 8.42 Å². The summed E-state index contributed by atoms with van der Waals surface area (Å²) in [6, 6.07) is 8.34. The molecule has 0 spiro atoms. The van der Waals surface area contributed by atoms with Gasteiger partial charge in [0, 0.05) is 37.6 Å². The number of halogens is 3. The molecule has 2 aromatic carbocycles. The molecule has 0 unspecified atom stereocenters. The number of alkyl halides is 3. The number of benzene rings is 2. The third kappa shape index (κ3) is 5.26. The maximum Gasteiger partial charge on any atom is 0.416 e. The van der Waals surface area contributed by atoms with Crippen LogP contribution in [0, 0.1) is 0 Å². The van der Waals surface area contributed by atoms with Gasteiger partial charge in [-0.2, -0.15) is 13.2 Å². The van der Waals surface area contributed by atoms with Gasteiger partial charge in [-0.05, 0) is 68.5 Å². The Labute approximate surface area is 191 Å². The van der Waals surface area contributed by atoms with Gasteiger partial charge < -0.3 is 9.80 Å². The highest BCUT2D eigenvalue weighted by molar-refractivity contribution is 7.92. The minimum atomic E-state index is -4.66. The lowest BCUT2D eigenvalue weighted by molar-refractivity contribution is -0.137. The average Bonchev–Trinajstić information content (AvgIpc) is 3.33. The summed E-state index contributed by atoms with van der Waals surface area (Å²) in [6.07, 6.45) is 0.290. The van der Waals surface area contributed by atoms with Crippen molar-refractivity contribution in [2.45, 2.75) is 43.2 Å². The first-order chi connectivity index (χ1) is 15.6. The van der Waals surface area contributed by atoms with Gasteiger partial charge in [-0.1, -0.05) is 6.07 Å². The summed E-state index contributed by atoms with van der Waals surface area (Å²) in [6.45, 7) is 2.93. The monoisotopic (exact) mass is 481 g/mol. The smallest absolute Gasteiger partial charge is 0.371 e. The summed E-state index contributed by atoms with van der Waals surface area (Å²) in [7, 11) is -4.28. The Balaban J connectivity index is 1.66. The predicted molar refractivity (Wildman–Crippen MR) is 120 cm³/mol. The van der Waals surface area contributed by atoms with Crippen LogP contribution in [0.5, 0.6) is 0 Å². The fourth-order valence-electron chi connectivity index (χ4n) is 4.33. The van der Waals surface area contributed by atoms with Crippen LogP contribution < -0.4 is 9.62 Å². The molecule has 0 bridgehead atoms. The highest BCUT2D eigenvalue weighted by Crippen LogP contribution is 2.32. The van der Waals surface area contributed by atoms with Crippen LogP contribution in [-0.2, 0) is 16.2 Å². The van der Waals surface area contributed by atoms with Crippen molar-refractivity contribution in [3.8, 4) is 0 Å². The Morgan fingerprint density at radius 3 is 2.21 bits per heavy atom. The van der Waals surface area contributed by atoms with Crippen LogP contribution in [0.15, 0.2) is 47.4 Å². The number of piperidine rings is 1. The molecule has 6 nitrogen and oxygen atoms in total. The Bertz CT molecular complexity index is 1120. The lowest BCUT2D eigenvalue weighted by Crippen LogP contribution is -2.36. The molecule has 0 aromatic heterocycles. The van der Waals surface area contributed by atoms with Gasteiger partial charge in [-0.15, -0.1) is 0 Å². The molecule has 4 rings (SSSR count). The number of hydrogen-bond donors (Lipinski definition) is 1. The van der Waals surface area contributed by atoms with Gasteiger partial charge in [0.05, 0.1) is 16.0 Å². The largest absolute Gasteiger partial charge is 0.416 e. The number of likely N-dealkylation sites (tertiary alicyclic amines) is 1. The molecular weight excluding hydrogens is 455 g/mol. The predicted octanol–water partition coefficient (Wildman–Crippen LogP) is 4.73. The van der Waals surface area contributed by atoms with Crippen LogP contribution in [0.3, 0.4) is 0 Å². The molecule has 2 saturated heterocycles. The van der Waals surface area contributed by atoms with Gasteiger partial charge >= 0.3 is 6.18 Å². The van der Waals surface area contributed by atoms with Crippen LogP contribution in [0.1, 0.15) is 48.0 Å². The molecule has 10 heteroatoms. The third-order valence-electron chi connectivity index (χ3n) is 6.04. The fraction of sp³-hybridized carbons (Fsp3) is 0.435. The van der Waals surface area contributed by atoms with Crippen molar-refractivity contribution in [3.63, 3.8) is 0 Å². The van der Waals surface area contributed by atoms with E-state index in [1.165, 1.54) is 6.07 Å². The molecule has 178 valence electrons. The molecule has 2 aliphatic heterocycles. The third-order valence-corrected chi connectivity index (χ3v) is 7.42. The van der Waals surface area contributed by atoms with Crippen molar-refractivity contribution >= 4 is 27.3 Å². The van der Waals surface area contributed by atoms with Gasteiger partial charge in [0.1, 0.15) is 0 Å². The second-order valence-electron chi connectivity index (χ2n) is 8.41. The Morgan fingerprint density at radius 2 is 1.55 bits per heavy atom. The summed E-state index contributed by atoms with van der Waals surface area (Å²) in [5.74, 6) is -0.156. The van der Waals surface area contributed by atoms with E-state index in [0.717, 1.165) is 69.1 Å². The second kappa shape index (κ2) is 9.24. The zero-order chi connectivity index (χ0) is 23.6. The van der Waals surface area contributed by atoms with Crippen molar-refractivity contribution in [3.05, 3.63) is 53.6 Å². The van der Waals surface area contributed by atoms with Gasteiger partial charge in [-0.3, -0.25) is 9.52 Å². The molecule has 0 saturated carbocycles. The first-order valence-corrected chi connectivity index (χ1v) is 12.5. The van der Waals surface area contributed by atoms with Gasteiger partial charge in [0.15, 0.2) is 0 Å². The van der Waals surface area contributed by atoms with Crippen molar-refractivity contribution < 1.29 is 26.4 Å². The number of sulfonamides is 1. The Morgan fingerprint density at radius 1 is 0.879 bits per heavy atom. The van der Waals surface area contributed by atoms with Crippen LogP contribution in [0.2, 0.25) is 0 Å². The first-order valence-electron chi connectivity index (χ1n) is 11.0. The van der Waals surface area contributed by atoms with E-state index in [1.807, 2.05) is 0 Å². The summed E-state index contributed by atoms with van der Waals surface area (Å²) < 4.78 is 67.1. The van der Waals surface area contributed by atoms with E-state index >= 15 is 0 Å². The lowest BCUT2D eigenvalue weighted by atomic mass is 10.1. The van der Waals surface area contributed by atoms with E-state index < -0.39 is 26.7 Å². The van der Waals surface area contributed by atoms with Crippen LogP contribution in [0.25, 0.3) is 0 Å². The fourth-order valence-corrected chi connectivity index (χ4v) is 5.42. The normalized spacial score (nSPS) is 17.3. The molecule has 2 aliphatic rings. The molecule has 1 N–H and O–H groups in total. The summed E-state index contributed by atoms with van der Waals surface area (Å²) in [4.78, 5) is 16.7. The minimum absolute atomic E-state index is 0.135. The zero-order valence-corrected chi connectivity index (χ0v) is 18.9. The highest BCUT2D eigenvalue weighted by atomic mass is 32.2. The Kier molecular flexibility index (Phi) is 6.56. The van der Waals surface area contributed by atoms with Crippen LogP contribution in [0.4, 0.5) is 24.5 Å². The van der Waals surface area contributed by atoms with Crippen molar-refractivity contribution in [2.75, 3.05) is 35.8 Å². The SMILES string of the molecule is O=C(c1cc(NS(=O)(=O)c2cccc(C(F)(F)F)c2)ccc1N1CCCC1)N1CCCCC1. The number of hydrogen-bond acceptors (Lipinski definition) is 4. The topological polar surface area (TPSA) is 69.7 Å². The van der Waals surface area contributed by atoms with Crippen LogP contribution in [-0.4, -0.2) is 45.4 Å². The zero-order valence-electron chi connectivity index (χ0n) is 18.1. The number of rotatable bonds is 5. The number of amides is 1. The molecule has 2 aromatic rings. The molecule has 0 aliphatic carbocycles. The summed E-state index contributed by atoms with van der Waals surface area (Å²) in [5, 5.41) is 0. The van der Waals surface area contributed by atoms with E-state index in [9.17, 15) is 26.4 Å². The van der Waals surface area contributed by atoms with Crippen molar-refractivity contribution in [1.82, 2.24) is 4.90 Å². The van der Waals surface area contributed by atoms with E-state index in [1.54, 1.807) is 17.0 Å². The van der Waals surface area contributed by atoms with Crippen LogP contribution >= 0.6 is 0 Å². The van der Waals surface area contributed by atoms with Crippen molar-refractivity contribution in [2.24, 2.45) is 0 Å². The standard InChI is InChI=1S/C23H26F3N3O3S/c24-23(25,26)17-7-6-8-19(15-17)33(31,32)27-18-9-10-21(28-11-4-5-12-28)20(16-18)22(30)29-13-2-1-3-14-29/h6-10,15-16,27H,1-5,11-14H2. The van der Waals surface area contributed by atoms with Gasteiger partial charge in [0.25, 0.3) is 15.9 Å². The highest BCUT2D eigenvalue weighted by Gasteiger charge is 2.32. The summed E-state index contributed by atoms with van der Waals surface area (Å²) in [5.41, 5.74) is 0.250. The molecule has 0 atom stereocenters. The van der Waals surface area contributed by atoms with Crippen molar-refractivity contribution in [1.29, 1.82) is 0 Å². The number of carbonyl (C=O) groups is 1. The second-order valence-corrected chi connectivity index (χ2v) is 10.1. The van der Waals surface area contributed by atoms with E-state index in [-0.39, 0.29) is 11.6 Å². The van der Waals surface area contributed by atoms with Gasteiger partial charge in [0.2, 0.25) is 0 Å². The lowest BCUT2D eigenvalue weighted by Gasteiger charge is -2.29. The number of anilines is 2. The molecule has 0 radical (unpaired) electrons. The number of carbonyl (C=O) groups excluding carboxylic acids is 1. The average molecular weight is 482 g/mol. The number of nitrogens with one attached hydrogen (secondary N) is 1. The van der Waals surface area contributed by atoms with E-state index in [0.29, 0.717) is 24.7 Å². The van der Waals surface area contributed by atoms with E-state index in [4.69, 9.17) is 0 Å². The molecule has 2 fully saturated rings. The Hall–Kier alpha value is -2.75. The number of nitrogens with zero attached hydrogens (tertiary/aromatic N) is 2. The minimum Gasteiger partial charge on any atom is -0.371 e. The molecule has 1 amide bonds. The van der Waals surface area contributed by atoms with E-state index in [2.05, 4.69) is 9.62 Å². The molecule has 2 heterocycles. The maximum absolute atomic E-state index is 13.3.